The lowest BCUT2D eigenvalue weighted by molar-refractivity contribution is -0.119. The van der Waals surface area contributed by atoms with Gasteiger partial charge in [-0.1, -0.05) is 26.8 Å². The Bertz CT molecular complexity index is 878. The van der Waals surface area contributed by atoms with Crippen LogP contribution in [0.5, 0.6) is 5.75 Å². The quantitative estimate of drug-likeness (QED) is 0.433. The molecule has 2 rings (SSSR count). The van der Waals surface area contributed by atoms with Crippen molar-refractivity contribution >= 4 is 22.5 Å². The van der Waals surface area contributed by atoms with E-state index in [4.69, 9.17) is 26.9 Å². The van der Waals surface area contributed by atoms with E-state index < -0.39 is 11.9 Å². The molecule has 0 fully saturated rings. The van der Waals surface area contributed by atoms with Gasteiger partial charge in [-0.05, 0) is 51.2 Å². The maximum atomic E-state index is 11.0. The highest BCUT2D eigenvalue weighted by Crippen LogP contribution is 2.31. The van der Waals surface area contributed by atoms with Crippen molar-refractivity contribution in [3.8, 4) is 5.75 Å². The zero-order chi connectivity index (χ0) is 23.2. The van der Waals surface area contributed by atoms with Gasteiger partial charge in [-0.25, -0.2) is 0 Å². The number of amides is 1. The van der Waals surface area contributed by atoms with Crippen molar-refractivity contribution < 1.29 is 9.53 Å². The standard InChI is InChI=1S/C24H39N5O2/c1-15(7-6-8-17(25)10-11-19(26)23(27)30)28-20-14-18(31-5)13-16-9-12-21(24(2,3)4)29-22(16)20/h9,12-15,17,19,28H,6-8,10-11,25-26H2,1-5H3,(H2,27,30)/t15?,17?,19-/m0/s1. The number of nitrogens with two attached hydrogens (primary N) is 3. The Morgan fingerprint density at radius 2 is 1.84 bits per heavy atom. The number of hydrogen-bond acceptors (Lipinski definition) is 6. The Kier molecular flexibility index (Phi) is 8.65. The third-order valence-corrected chi connectivity index (χ3v) is 5.60. The number of carbonyl (C=O) groups excluding carboxylic acids is 1. The number of nitrogens with one attached hydrogen (secondary N) is 1. The SMILES string of the molecule is COc1cc(NC(C)CCCC(N)CC[C@H](N)C(N)=O)c2nc(C(C)(C)C)ccc2c1. The van der Waals surface area contributed by atoms with Crippen molar-refractivity contribution in [2.24, 2.45) is 17.2 Å². The first kappa shape index (κ1) is 24.9. The lowest BCUT2D eigenvalue weighted by Crippen LogP contribution is -2.37. The summed E-state index contributed by atoms with van der Waals surface area (Å²) in [5.74, 6) is 0.332. The third-order valence-electron chi connectivity index (χ3n) is 5.60. The number of carbonyl (C=O) groups is 1. The van der Waals surface area contributed by atoms with E-state index in [1.165, 1.54) is 0 Å². The Morgan fingerprint density at radius 3 is 2.45 bits per heavy atom. The lowest BCUT2D eigenvalue weighted by atomic mass is 9.91. The highest BCUT2D eigenvalue weighted by molar-refractivity contribution is 5.92. The van der Waals surface area contributed by atoms with Crippen molar-refractivity contribution in [3.63, 3.8) is 0 Å². The maximum absolute atomic E-state index is 11.0. The van der Waals surface area contributed by atoms with Crippen LogP contribution >= 0.6 is 0 Å². The molecule has 2 unspecified atom stereocenters. The Morgan fingerprint density at radius 1 is 1.13 bits per heavy atom. The predicted octanol–water partition coefficient (Wildman–Crippen LogP) is 3.43. The number of benzene rings is 1. The van der Waals surface area contributed by atoms with Gasteiger partial charge in [0.25, 0.3) is 0 Å². The molecule has 2 aromatic rings. The highest BCUT2D eigenvalue weighted by atomic mass is 16.5. The molecule has 172 valence electrons. The molecule has 7 heteroatoms. The number of aromatic nitrogens is 1. The van der Waals surface area contributed by atoms with Crippen molar-refractivity contribution in [3.05, 3.63) is 30.0 Å². The van der Waals surface area contributed by atoms with E-state index in [1.54, 1.807) is 7.11 Å². The second-order valence-corrected chi connectivity index (χ2v) is 9.52. The van der Waals surface area contributed by atoms with Crippen molar-refractivity contribution in [2.75, 3.05) is 12.4 Å². The van der Waals surface area contributed by atoms with E-state index in [0.29, 0.717) is 12.8 Å². The number of primary amides is 1. The fourth-order valence-corrected chi connectivity index (χ4v) is 3.56. The van der Waals surface area contributed by atoms with E-state index >= 15 is 0 Å². The minimum atomic E-state index is -0.613. The summed E-state index contributed by atoms with van der Waals surface area (Å²) in [6, 6.07) is 7.87. The van der Waals surface area contributed by atoms with Gasteiger partial charge in [-0.2, -0.15) is 0 Å². The molecule has 31 heavy (non-hydrogen) atoms. The van der Waals surface area contributed by atoms with Gasteiger partial charge >= 0.3 is 0 Å². The van der Waals surface area contributed by atoms with Crippen LogP contribution in [0.25, 0.3) is 10.9 Å². The largest absolute Gasteiger partial charge is 0.497 e. The first-order valence-corrected chi connectivity index (χ1v) is 11.1. The van der Waals surface area contributed by atoms with Crippen LogP contribution < -0.4 is 27.3 Å². The summed E-state index contributed by atoms with van der Waals surface area (Å²) in [4.78, 5) is 16.0. The van der Waals surface area contributed by atoms with Crippen molar-refractivity contribution in [2.45, 2.75) is 83.3 Å². The number of ether oxygens (including phenoxy) is 1. The second kappa shape index (κ2) is 10.8. The highest BCUT2D eigenvalue weighted by Gasteiger charge is 2.18. The lowest BCUT2D eigenvalue weighted by Gasteiger charge is -2.21. The summed E-state index contributed by atoms with van der Waals surface area (Å²) in [5.41, 5.74) is 20.0. The van der Waals surface area contributed by atoms with Crippen LogP contribution in [0.4, 0.5) is 5.69 Å². The van der Waals surface area contributed by atoms with Crippen LogP contribution in [0.3, 0.4) is 0 Å². The molecular formula is C24H39N5O2. The van der Waals surface area contributed by atoms with Crippen LogP contribution in [-0.4, -0.2) is 36.1 Å². The molecule has 0 radical (unpaired) electrons. The smallest absolute Gasteiger partial charge is 0.234 e. The van der Waals surface area contributed by atoms with Crippen molar-refractivity contribution in [1.82, 2.24) is 4.98 Å². The first-order valence-electron chi connectivity index (χ1n) is 11.1. The first-order chi connectivity index (χ1) is 14.5. The van der Waals surface area contributed by atoms with Gasteiger partial charge in [0.15, 0.2) is 0 Å². The minimum absolute atomic E-state index is 0.0197. The van der Waals surface area contributed by atoms with Crippen LogP contribution in [-0.2, 0) is 10.2 Å². The number of nitrogens with zero attached hydrogens (tertiary/aromatic N) is 1. The molecule has 0 bridgehead atoms. The molecule has 0 aliphatic carbocycles. The average Bonchev–Trinajstić information content (AvgIpc) is 2.70. The molecule has 7 nitrogen and oxygen atoms in total. The summed E-state index contributed by atoms with van der Waals surface area (Å²) in [7, 11) is 1.68. The Labute approximate surface area is 186 Å². The molecule has 1 aromatic carbocycles. The third kappa shape index (κ3) is 7.36. The van der Waals surface area contributed by atoms with Gasteiger partial charge in [0.1, 0.15) is 5.75 Å². The molecule has 7 N–H and O–H groups in total. The van der Waals surface area contributed by atoms with E-state index in [0.717, 1.165) is 47.3 Å². The molecule has 0 spiro atoms. The van der Waals surface area contributed by atoms with Gasteiger partial charge < -0.3 is 27.3 Å². The molecular weight excluding hydrogens is 390 g/mol. The number of fused-ring (bicyclic) bond motifs is 1. The molecule has 0 aliphatic rings. The Hall–Kier alpha value is -2.38. The van der Waals surface area contributed by atoms with Gasteiger partial charge in [-0.3, -0.25) is 9.78 Å². The topological polar surface area (TPSA) is 129 Å². The van der Waals surface area contributed by atoms with E-state index in [-0.39, 0.29) is 17.5 Å². The summed E-state index contributed by atoms with van der Waals surface area (Å²) < 4.78 is 5.49. The molecule has 0 saturated carbocycles. The number of pyridine rings is 1. The van der Waals surface area contributed by atoms with E-state index in [9.17, 15) is 4.79 Å². The summed E-state index contributed by atoms with van der Waals surface area (Å²) in [6.45, 7) is 8.66. The number of rotatable bonds is 11. The van der Waals surface area contributed by atoms with Gasteiger partial charge in [0, 0.05) is 34.6 Å². The second-order valence-electron chi connectivity index (χ2n) is 9.52. The monoisotopic (exact) mass is 429 g/mol. The van der Waals surface area contributed by atoms with Crippen LogP contribution in [0, 0.1) is 0 Å². The van der Waals surface area contributed by atoms with Gasteiger partial charge in [0.2, 0.25) is 5.91 Å². The zero-order valence-electron chi connectivity index (χ0n) is 19.6. The molecule has 1 heterocycles. The fourth-order valence-electron chi connectivity index (χ4n) is 3.56. The predicted molar refractivity (Wildman–Crippen MR) is 128 cm³/mol. The van der Waals surface area contributed by atoms with Crippen molar-refractivity contribution in [1.29, 1.82) is 0 Å². The molecule has 0 aliphatic heterocycles. The normalized spacial score (nSPS) is 14.8. The van der Waals surface area contributed by atoms with Gasteiger partial charge in [0.05, 0.1) is 24.4 Å². The van der Waals surface area contributed by atoms with Gasteiger partial charge in [-0.15, -0.1) is 0 Å². The molecule has 1 aromatic heterocycles. The summed E-state index contributed by atoms with van der Waals surface area (Å²) in [6.07, 6.45) is 4.05. The maximum Gasteiger partial charge on any atom is 0.234 e. The minimum Gasteiger partial charge on any atom is -0.497 e. The summed E-state index contributed by atoms with van der Waals surface area (Å²) >= 11 is 0. The van der Waals surface area contributed by atoms with Crippen LogP contribution in [0.1, 0.15) is 65.5 Å². The van der Waals surface area contributed by atoms with E-state index in [2.05, 4.69) is 45.1 Å². The number of anilines is 1. The number of methoxy groups -OCH3 is 1. The van der Waals surface area contributed by atoms with E-state index in [1.807, 2.05) is 12.1 Å². The Balaban J connectivity index is 2.02. The number of hydrogen-bond donors (Lipinski definition) is 4. The zero-order valence-corrected chi connectivity index (χ0v) is 19.6. The average molecular weight is 430 g/mol. The van der Waals surface area contributed by atoms with Crippen LogP contribution in [0.15, 0.2) is 24.3 Å². The fraction of sp³-hybridized carbons (Fsp3) is 0.583. The summed E-state index contributed by atoms with van der Waals surface area (Å²) in [5, 5.41) is 4.66. The molecule has 3 atom stereocenters. The molecule has 0 saturated heterocycles. The molecule has 1 amide bonds. The van der Waals surface area contributed by atoms with Crippen LogP contribution in [0.2, 0.25) is 0 Å².